The summed E-state index contributed by atoms with van der Waals surface area (Å²) in [6, 6.07) is 2.38. The molecule has 116 valence electrons. The van der Waals surface area contributed by atoms with Crippen molar-refractivity contribution in [1.29, 1.82) is 0 Å². The fourth-order valence-corrected chi connectivity index (χ4v) is 2.90. The van der Waals surface area contributed by atoms with E-state index in [1.807, 2.05) is 0 Å². The number of amides is 1. The standard InChI is InChI=1S/C13H18FN3O3S/c1-8-6-10(14)12(7-11(8)15)21(19,20)16-5-4-13(18)17-9-2-3-9/h6-7,9,16H,2-5,15H2,1H3,(H,17,18). The Morgan fingerprint density at radius 1 is 1.43 bits per heavy atom. The summed E-state index contributed by atoms with van der Waals surface area (Å²) in [6.07, 6.45) is 1.94. The molecule has 1 aliphatic carbocycles. The molecule has 0 bridgehead atoms. The number of hydrogen-bond acceptors (Lipinski definition) is 4. The molecule has 0 heterocycles. The Labute approximate surface area is 123 Å². The molecule has 0 unspecified atom stereocenters. The second-order valence-corrected chi connectivity index (χ2v) is 6.86. The second kappa shape index (κ2) is 5.98. The van der Waals surface area contributed by atoms with E-state index in [0.717, 1.165) is 25.0 Å². The summed E-state index contributed by atoms with van der Waals surface area (Å²) >= 11 is 0. The Balaban J connectivity index is 1.97. The van der Waals surface area contributed by atoms with Gasteiger partial charge >= 0.3 is 0 Å². The van der Waals surface area contributed by atoms with E-state index in [4.69, 9.17) is 5.73 Å². The first-order valence-corrected chi connectivity index (χ1v) is 8.12. The largest absolute Gasteiger partial charge is 0.398 e. The molecule has 0 saturated heterocycles. The van der Waals surface area contributed by atoms with Crippen LogP contribution in [0.3, 0.4) is 0 Å². The number of nitrogens with two attached hydrogens (primary N) is 1. The van der Waals surface area contributed by atoms with Gasteiger partial charge in [-0.3, -0.25) is 4.79 Å². The summed E-state index contributed by atoms with van der Waals surface area (Å²) in [7, 11) is -4.02. The molecule has 1 aromatic carbocycles. The molecule has 1 amide bonds. The topological polar surface area (TPSA) is 101 Å². The first-order valence-electron chi connectivity index (χ1n) is 6.64. The lowest BCUT2D eigenvalue weighted by molar-refractivity contribution is -0.121. The molecule has 6 nitrogen and oxygen atoms in total. The first kappa shape index (κ1) is 15.7. The van der Waals surface area contributed by atoms with Crippen LogP contribution in [0, 0.1) is 12.7 Å². The van der Waals surface area contributed by atoms with Crippen LogP contribution in [0.5, 0.6) is 0 Å². The van der Waals surface area contributed by atoms with E-state index in [-0.39, 0.29) is 30.6 Å². The number of aryl methyl sites for hydroxylation is 1. The van der Waals surface area contributed by atoms with Gasteiger partial charge in [0.15, 0.2) is 0 Å². The van der Waals surface area contributed by atoms with E-state index < -0.39 is 20.7 Å². The Hall–Kier alpha value is -1.67. The quantitative estimate of drug-likeness (QED) is 0.671. The lowest BCUT2D eigenvalue weighted by Gasteiger charge is -2.10. The highest BCUT2D eigenvalue weighted by molar-refractivity contribution is 7.89. The highest BCUT2D eigenvalue weighted by atomic mass is 32.2. The number of rotatable bonds is 6. The van der Waals surface area contributed by atoms with Gasteiger partial charge in [0.05, 0.1) is 0 Å². The van der Waals surface area contributed by atoms with Gasteiger partial charge in [-0.25, -0.2) is 17.5 Å². The van der Waals surface area contributed by atoms with Gasteiger partial charge in [-0.05, 0) is 37.5 Å². The Kier molecular flexibility index (Phi) is 4.48. The predicted molar refractivity (Wildman–Crippen MR) is 76.5 cm³/mol. The second-order valence-electron chi connectivity index (χ2n) is 5.13. The van der Waals surface area contributed by atoms with Gasteiger partial charge in [-0.2, -0.15) is 0 Å². The van der Waals surface area contributed by atoms with Crippen LogP contribution in [-0.4, -0.2) is 26.9 Å². The van der Waals surface area contributed by atoms with Crippen LogP contribution in [0.15, 0.2) is 17.0 Å². The molecular formula is C13H18FN3O3S. The molecule has 21 heavy (non-hydrogen) atoms. The van der Waals surface area contributed by atoms with Crippen molar-refractivity contribution in [1.82, 2.24) is 10.0 Å². The summed E-state index contributed by atoms with van der Waals surface area (Å²) < 4.78 is 39.9. The number of nitrogen functional groups attached to an aromatic ring is 1. The van der Waals surface area contributed by atoms with Crippen molar-refractivity contribution >= 4 is 21.6 Å². The van der Waals surface area contributed by atoms with Crippen LogP contribution in [0.4, 0.5) is 10.1 Å². The van der Waals surface area contributed by atoms with Crippen molar-refractivity contribution in [2.75, 3.05) is 12.3 Å². The number of hydrogen-bond donors (Lipinski definition) is 3. The smallest absolute Gasteiger partial charge is 0.243 e. The zero-order chi connectivity index (χ0) is 15.6. The van der Waals surface area contributed by atoms with Gasteiger partial charge in [-0.15, -0.1) is 0 Å². The molecular weight excluding hydrogens is 297 g/mol. The van der Waals surface area contributed by atoms with Crippen LogP contribution in [-0.2, 0) is 14.8 Å². The molecule has 1 aliphatic rings. The highest BCUT2D eigenvalue weighted by Gasteiger charge is 2.24. The number of sulfonamides is 1. The molecule has 1 fully saturated rings. The Morgan fingerprint density at radius 3 is 2.71 bits per heavy atom. The minimum Gasteiger partial charge on any atom is -0.398 e. The third kappa shape index (κ3) is 4.15. The average molecular weight is 315 g/mol. The van der Waals surface area contributed by atoms with Crippen molar-refractivity contribution in [3.63, 3.8) is 0 Å². The summed E-state index contributed by atoms with van der Waals surface area (Å²) in [4.78, 5) is 10.9. The van der Waals surface area contributed by atoms with Crippen molar-refractivity contribution in [2.45, 2.75) is 37.1 Å². The van der Waals surface area contributed by atoms with Gasteiger partial charge in [0.1, 0.15) is 10.7 Å². The summed E-state index contributed by atoms with van der Waals surface area (Å²) in [5.74, 6) is -1.08. The first-order chi connectivity index (χ1) is 9.79. The normalized spacial score (nSPS) is 15.0. The van der Waals surface area contributed by atoms with E-state index >= 15 is 0 Å². The van der Waals surface area contributed by atoms with E-state index in [1.54, 1.807) is 6.92 Å². The van der Waals surface area contributed by atoms with Crippen LogP contribution in [0.25, 0.3) is 0 Å². The number of nitrogens with one attached hydrogen (secondary N) is 2. The van der Waals surface area contributed by atoms with Crippen LogP contribution in [0.1, 0.15) is 24.8 Å². The van der Waals surface area contributed by atoms with E-state index in [0.29, 0.717) is 5.56 Å². The third-order valence-corrected chi connectivity index (χ3v) is 4.67. The molecule has 0 aliphatic heterocycles. The highest BCUT2D eigenvalue weighted by Crippen LogP contribution is 2.21. The summed E-state index contributed by atoms with van der Waals surface area (Å²) in [6.45, 7) is 1.50. The van der Waals surface area contributed by atoms with Crippen LogP contribution in [0.2, 0.25) is 0 Å². The third-order valence-electron chi connectivity index (χ3n) is 3.20. The minimum absolute atomic E-state index is 0.0126. The number of benzene rings is 1. The van der Waals surface area contributed by atoms with Crippen molar-refractivity contribution in [3.8, 4) is 0 Å². The molecule has 8 heteroatoms. The zero-order valence-electron chi connectivity index (χ0n) is 11.6. The monoisotopic (exact) mass is 315 g/mol. The van der Waals surface area contributed by atoms with Crippen LogP contribution >= 0.6 is 0 Å². The molecule has 4 N–H and O–H groups in total. The number of anilines is 1. The fraction of sp³-hybridized carbons (Fsp3) is 0.462. The molecule has 1 saturated carbocycles. The van der Waals surface area contributed by atoms with Crippen molar-refractivity contribution < 1.29 is 17.6 Å². The van der Waals surface area contributed by atoms with E-state index in [2.05, 4.69) is 10.0 Å². The Bertz CT molecular complexity index is 657. The number of carbonyl (C=O) groups is 1. The predicted octanol–water partition coefficient (Wildman–Crippen LogP) is 0.663. The lowest BCUT2D eigenvalue weighted by atomic mass is 10.2. The van der Waals surface area contributed by atoms with E-state index in [1.165, 1.54) is 0 Å². The summed E-state index contributed by atoms with van der Waals surface area (Å²) in [5, 5.41) is 2.74. The maximum atomic E-state index is 13.7. The molecule has 0 radical (unpaired) electrons. The van der Waals surface area contributed by atoms with Gasteiger partial charge in [0.25, 0.3) is 0 Å². The number of carbonyl (C=O) groups excluding carboxylic acids is 1. The molecule has 0 aromatic heterocycles. The lowest BCUT2D eigenvalue weighted by Crippen LogP contribution is -2.32. The van der Waals surface area contributed by atoms with Gasteiger partial charge < -0.3 is 11.1 Å². The number of halogens is 1. The summed E-state index contributed by atoms with van der Waals surface area (Å²) in [5.41, 5.74) is 6.27. The SMILES string of the molecule is Cc1cc(F)c(S(=O)(=O)NCCC(=O)NC2CC2)cc1N. The maximum absolute atomic E-state index is 13.7. The fourth-order valence-electron chi connectivity index (χ4n) is 1.78. The minimum atomic E-state index is -4.02. The van der Waals surface area contributed by atoms with Gasteiger partial charge in [0.2, 0.25) is 15.9 Å². The average Bonchev–Trinajstić information content (AvgIpc) is 3.17. The van der Waals surface area contributed by atoms with E-state index in [9.17, 15) is 17.6 Å². The van der Waals surface area contributed by atoms with Crippen LogP contribution < -0.4 is 15.8 Å². The van der Waals surface area contributed by atoms with Crippen molar-refractivity contribution in [2.24, 2.45) is 0 Å². The zero-order valence-corrected chi connectivity index (χ0v) is 12.5. The molecule has 1 aromatic rings. The Morgan fingerprint density at radius 2 is 2.10 bits per heavy atom. The van der Waals surface area contributed by atoms with Crippen molar-refractivity contribution in [3.05, 3.63) is 23.5 Å². The molecule has 0 spiro atoms. The van der Waals surface area contributed by atoms with Gasteiger partial charge in [-0.1, -0.05) is 0 Å². The maximum Gasteiger partial charge on any atom is 0.243 e. The molecule has 0 atom stereocenters. The molecule has 2 rings (SSSR count). The van der Waals surface area contributed by atoms with Gasteiger partial charge in [0, 0.05) is 24.7 Å².